The third-order valence-electron chi connectivity index (χ3n) is 5.50. The van der Waals surface area contributed by atoms with E-state index < -0.39 is 0 Å². The summed E-state index contributed by atoms with van der Waals surface area (Å²) >= 11 is 1.31. The van der Waals surface area contributed by atoms with Crippen molar-refractivity contribution in [2.24, 2.45) is 0 Å². The number of rotatable bonds is 3. The van der Waals surface area contributed by atoms with Crippen LogP contribution in [0.5, 0.6) is 0 Å². The Bertz CT molecular complexity index is 1060. The number of fused-ring (bicyclic) bond motifs is 1. The summed E-state index contributed by atoms with van der Waals surface area (Å²) in [6.07, 6.45) is 8.42. The molecule has 0 unspecified atom stereocenters. The summed E-state index contributed by atoms with van der Waals surface area (Å²) in [6, 6.07) is 0. The molecule has 2 aliphatic heterocycles. The smallest absolute Gasteiger partial charge is 0.266 e. The van der Waals surface area contributed by atoms with Crippen LogP contribution in [0, 0.1) is 0 Å². The van der Waals surface area contributed by atoms with Crippen molar-refractivity contribution < 1.29 is 9.53 Å². The molecule has 2 aliphatic rings. The van der Waals surface area contributed by atoms with Crippen molar-refractivity contribution in [1.82, 2.24) is 24.8 Å². The average Bonchev–Trinajstić information content (AvgIpc) is 3.15. The van der Waals surface area contributed by atoms with Gasteiger partial charge in [0.25, 0.3) is 5.91 Å². The molecule has 1 amide bonds. The lowest BCUT2D eigenvalue weighted by molar-refractivity contribution is 0.0730. The maximum absolute atomic E-state index is 12.9. The standard InChI is InChI=1S/C20H23N7O2S/c21-15-16-18(30-17(15)19(28)26-4-2-1-3-5-26)25-14(12-22-16)13-10-23-20(24-11-13)27-6-8-29-9-7-27/h10-12H,1-9,21H2. The number of hydrogen-bond acceptors (Lipinski definition) is 9. The van der Waals surface area contributed by atoms with E-state index in [4.69, 9.17) is 10.5 Å². The summed E-state index contributed by atoms with van der Waals surface area (Å²) in [6.45, 7) is 4.51. The first kappa shape index (κ1) is 19.1. The number of hydrogen-bond donors (Lipinski definition) is 1. The number of carbonyl (C=O) groups is 1. The van der Waals surface area contributed by atoms with E-state index in [0.29, 0.717) is 45.8 Å². The summed E-state index contributed by atoms with van der Waals surface area (Å²) in [4.78, 5) is 36.2. The maximum atomic E-state index is 12.9. The van der Waals surface area contributed by atoms with Gasteiger partial charge in [-0.15, -0.1) is 11.3 Å². The summed E-state index contributed by atoms with van der Waals surface area (Å²) in [5.74, 6) is 0.669. The Hall–Kier alpha value is -2.85. The summed E-state index contributed by atoms with van der Waals surface area (Å²) in [5, 5.41) is 0. The van der Waals surface area contributed by atoms with Gasteiger partial charge < -0.3 is 20.3 Å². The van der Waals surface area contributed by atoms with Gasteiger partial charge in [-0.05, 0) is 19.3 Å². The zero-order valence-electron chi connectivity index (χ0n) is 16.6. The van der Waals surface area contributed by atoms with Crippen molar-refractivity contribution in [2.75, 3.05) is 50.0 Å². The molecule has 3 aromatic heterocycles. The molecule has 0 aliphatic carbocycles. The van der Waals surface area contributed by atoms with Gasteiger partial charge in [0.05, 0.1) is 30.8 Å². The molecule has 0 radical (unpaired) electrons. The van der Waals surface area contributed by atoms with Crippen LogP contribution in [-0.4, -0.2) is 70.1 Å². The monoisotopic (exact) mass is 425 g/mol. The van der Waals surface area contributed by atoms with Crippen LogP contribution in [0.4, 0.5) is 11.6 Å². The predicted octanol–water partition coefficient (Wildman–Crippen LogP) is 2.19. The molecule has 156 valence electrons. The molecular formula is C20H23N7O2S. The van der Waals surface area contributed by atoms with Crippen LogP contribution in [0.1, 0.15) is 28.9 Å². The lowest BCUT2D eigenvalue weighted by atomic mass is 10.1. The van der Waals surface area contributed by atoms with Gasteiger partial charge in [0.2, 0.25) is 5.95 Å². The lowest BCUT2D eigenvalue weighted by Crippen LogP contribution is -2.37. The molecule has 3 aromatic rings. The van der Waals surface area contributed by atoms with Crippen molar-refractivity contribution in [2.45, 2.75) is 19.3 Å². The van der Waals surface area contributed by atoms with E-state index in [1.54, 1.807) is 18.6 Å². The number of aromatic nitrogens is 4. The van der Waals surface area contributed by atoms with E-state index >= 15 is 0 Å². The van der Waals surface area contributed by atoms with E-state index in [-0.39, 0.29) is 5.91 Å². The zero-order chi connectivity index (χ0) is 20.5. The Morgan fingerprint density at radius 3 is 2.47 bits per heavy atom. The molecular weight excluding hydrogens is 402 g/mol. The number of carbonyl (C=O) groups excluding carboxylic acids is 1. The highest BCUT2D eigenvalue weighted by molar-refractivity contribution is 7.21. The molecule has 2 fully saturated rings. The second-order valence-electron chi connectivity index (χ2n) is 7.48. The molecule has 2 N–H and O–H groups in total. The molecule has 9 nitrogen and oxygen atoms in total. The third kappa shape index (κ3) is 3.56. The highest BCUT2D eigenvalue weighted by atomic mass is 32.1. The Morgan fingerprint density at radius 2 is 1.73 bits per heavy atom. The number of thiophene rings is 1. The number of likely N-dealkylation sites (tertiary alicyclic amines) is 1. The van der Waals surface area contributed by atoms with Crippen molar-refractivity contribution >= 4 is 39.2 Å². The first-order valence-corrected chi connectivity index (χ1v) is 11.0. The molecule has 0 saturated carbocycles. The van der Waals surface area contributed by atoms with Crippen molar-refractivity contribution in [3.8, 4) is 11.3 Å². The zero-order valence-corrected chi connectivity index (χ0v) is 17.4. The first-order chi connectivity index (χ1) is 14.7. The molecule has 0 spiro atoms. The van der Waals surface area contributed by atoms with E-state index in [9.17, 15) is 4.79 Å². The van der Waals surface area contributed by atoms with Crippen LogP contribution in [0.25, 0.3) is 21.6 Å². The molecule has 0 atom stereocenters. The largest absolute Gasteiger partial charge is 0.396 e. The van der Waals surface area contributed by atoms with Gasteiger partial charge in [0, 0.05) is 44.1 Å². The molecule has 5 rings (SSSR count). The fourth-order valence-corrected chi connectivity index (χ4v) is 4.83. The fraction of sp³-hybridized carbons (Fsp3) is 0.450. The van der Waals surface area contributed by atoms with Crippen LogP contribution >= 0.6 is 11.3 Å². The highest BCUT2D eigenvalue weighted by Gasteiger charge is 2.24. The van der Waals surface area contributed by atoms with Crippen LogP contribution in [0.2, 0.25) is 0 Å². The van der Waals surface area contributed by atoms with Gasteiger partial charge in [0.15, 0.2) is 0 Å². The summed E-state index contributed by atoms with van der Waals surface area (Å²) in [5.41, 5.74) is 8.69. The Kier molecular flexibility index (Phi) is 5.17. The van der Waals surface area contributed by atoms with E-state index in [0.717, 1.165) is 44.6 Å². The van der Waals surface area contributed by atoms with Gasteiger partial charge in [-0.1, -0.05) is 0 Å². The minimum Gasteiger partial charge on any atom is -0.396 e. The Balaban J connectivity index is 1.41. The topological polar surface area (TPSA) is 110 Å². The molecule has 2 saturated heterocycles. The van der Waals surface area contributed by atoms with Crippen molar-refractivity contribution in [1.29, 1.82) is 0 Å². The average molecular weight is 426 g/mol. The Labute approximate surface area is 177 Å². The van der Waals surface area contributed by atoms with Crippen LogP contribution in [0.3, 0.4) is 0 Å². The van der Waals surface area contributed by atoms with Gasteiger partial charge in [0.1, 0.15) is 15.2 Å². The number of nitrogen functional groups attached to an aromatic ring is 1. The third-order valence-corrected chi connectivity index (χ3v) is 6.58. The number of nitrogens with zero attached hydrogens (tertiary/aromatic N) is 6. The normalized spacial score (nSPS) is 17.5. The van der Waals surface area contributed by atoms with Crippen LogP contribution in [0.15, 0.2) is 18.6 Å². The fourth-order valence-electron chi connectivity index (χ4n) is 3.81. The second kappa shape index (κ2) is 8.11. The maximum Gasteiger partial charge on any atom is 0.266 e. The Morgan fingerprint density at radius 1 is 1.00 bits per heavy atom. The summed E-state index contributed by atoms with van der Waals surface area (Å²) < 4.78 is 5.37. The quantitative estimate of drug-likeness (QED) is 0.680. The molecule has 0 aromatic carbocycles. The molecule has 10 heteroatoms. The van der Waals surface area contributed by atoms with Crippen molar-refractivity contribution in [3.05, 3.63) is 23.5 Å². The highest BCUT2D eigenvalue weighted by Crippen LogP contribution is 2.33. The van der Waals surface area contributed by atoms with E-state index in [1.165, 1.54) is 17.8 Å². The SMILES string of the molecule is Nc1c(C(=O)N2CCCCC2)sc2nc(-c3cnc(N4CCOCC4)nc3)cnc12. The minimum absolute atomic E-state index is 0.0169. The van der Waals surface area contributed by atoms with E-state index in [2.05, 4.69) is 24.8 Å². The second-order valence-corrected chi connectivity index (χ2v) is 8.48. The lowest BCUT2D eigenvalue weighted by Gasteiger charge is -2.26. The van der Waals surface area contributed by atoms with Gasteiger partial charge >= 0.3 is 0 Å². The minimum atomic E-state index is -0.0169. The van der Waals surface area contributed by atoms with Crippen molar-refractivity contribution in [3.63, 3.8) is 0 Å². The van der Waals surface area contributed by atoms with Gasteiger partial charge in [-0.2, -0.15) is 0 Å². The number of nitrogens with two attached hydrogens (primary N) is 1. The number of anilines is 2. The molecule has 30 heavy (non-hydrogen) atoms. The van der Waals surface area contributed by atoms with Crippen LogP contribution in [-0.2, 0) is 4.74 Å². The number of ether oxygens (including phenoxy) is 1. The van der Waals surface area contributed by atoms with E-state index in [1.807, 2.05) is 4.90 Å². The molecule has 5 heterocycles. The number of piperidine rings is 1. The predicted molar refractivity (Wildman–Crippen MR) is 116 cm³/mol. The van der Waals surface area contributed by atoms with Crippen LogP contribution < -0.4 is 10.6 Å². The first-order valence-electron chi connectivity index (χ1n) is 10.2. The van der Waals surface area contributed by atoms with Gasteiger partial charge in [-0.25, -0.2) is 19.9 Å². The van der Waals surface area contributed by atoms with Gasteiger partial charge in [-0.3, -0.25) is 4.79 Å². The summed E-state index contributed by atoms with van der Waals surface area (Å²) in [7, 11) is 0. The number of morpholine rings is 1. The number of amides is 1. The molecule has 0 bridgehead atoms.